The lowest BCUT2D eigenvalue weighted by Crippen LogP contribution is -2.09. The van der Waals surface area contributed by atoms with E-state index in [4.69, 9.17) is 14.7 Å². The molecule has 0 aliphatic carbocycles. The summed E-state index contributed by atoms with van der Waals surface area (Å²) in [4.78, 5) is 9.20. The van der Waals surface area contributed by atoms with Crippen molar-refractivity contribution in [3.05, 3.63) is 47.6 Å². The van der Waals surface area contributed by atoms with E-state index in [-0.39, 0.29) is 0 Å². The summed E-state index contributed by atoms with van der Waals surface area (Å²) < 4.78 is 11.2. The third-order valence-corrected chi connectivity index (χ3v) is 3.62. The van der Waals surface area contributed by atoms with E-state index in [0.717, 1.165) is 10.2 Å². The van der Waals surface area contributed by atoms with Crippen molar-refractivity contribution in [1.82, 2.24) is 9.97 Å². The highest BCUT2D eigenvalue weighted by Crippen LogP contribution is 2.25. The van der Waals surface area contributed by atoms with Gasteiger partial charge in [0.05, 0.1) is 17.0 Å². The largest absolute Gasteiger partial charge is 0.490 e. The van der Waals surface area contributed by atoms with Crippen LogP contribution in [0.1, 0.15) is 5.56 Å². The molecule has 0 aliphatic rings. The summed E-state index contributed by atoms with van der Waals surface area (Å²) in [7, 11) is 0. The van der Waals surface area contributed by atoms with Crippen molar-refractivity contribution in [3.63, 3.8) is 0 Å². The highest BCUT2D eigenvalue weighted by atomic mass is 32.1. The fraction of sp³-hybridized carbons (Fsp3) is 0.133. The Morgan fingerprint density at radius 2 is 1.86 bits per heavy atom. The lowest BCUT2D eigenvalue weighted by Gasteiger charge is -2.08. The summed E-state index contributed by atoms with van der Waals surface area (Å²) in [6.45, 7) is 0.795. The number of hydrogen-bond acceptors (Lipinski definition) is 6. The van der Waals surface area contributed by atoms with E-state index in [1.807, 2.05) is 11.4 Å². The van der Waals surface area contributed by atoms with E-state index in [2.05, 4.69) is 16.0 Å². The first-order valence-electron chi connectivity index (χ1n) is 6.31. The van der Waals surface area contributed by atoms with Crippen LogP contribution < -0.4 is 9.47 Å². The lowest BCUT2D eigenvalue weighted by molar-refractivity contribution is 0.213. The molecule has 104 valence electrons. The second-order valence-electron chi connectivity index (χ2n) is 4.15. The molecule has 0 fully saturated rings. The fourth-order valence-electron chi connectivity index (χ4n) is 1.81. The topological polar surface area (TPSA) is 68.0 Å². The SMILES string of the molecule is N#Cc1ccc(OCCOc2ncnc3sccc23)cc1. The molecule has 0 aliphatic heterocycles. The van der Waals surface area contributed by atoms with E-state index in [0.29, 0.717) is 30.4 Å². The average molecular weight is 297 g/mol. The lowest BCUT2D eigenvalue weighted by atomic mass is 10.2. The van der Waals surface area contributed by atoms with E-state index >= 15 is 0 Å². The number of rotatable bonds is 5. The summed E-state index contributed by atoms with van der Waals surface area (Å²) in [5, 5.41) is 11.6. The molecular formula is C15H11N3O2S. The van der Waals surface area contributed by atoms with Gasteiger partial charge in [-0.3, -0.25) is 0 Å². The van der Waals surface area contributed by atoms with Crippen LogP contribution in [0, 0.1) is 11.3 Å². The molecule has 0 spiro atoms. The van der Waals surface area contributed by atoms with Crippen LogP contribution in [-0.2, 0) is 0 Å². The van der Waals surface area contributed by atoms with E-state index in [1.54, 1.807) is 35.6 Å². The third kappa shape index (κ3) is 3.09. The smallest absolute Gasteiger partial charge is 0.225 e. The van der Waals surface area contributed by atoms with Crippen LogP contribution >= 0.6 is 11.3 Å². The first-order chi connectivity index (χ1) is 10.4. The molecule has 0 saturated carbocycles. The highest BCUT2D eigenvalue weighted by Gasteiger charge is 2.05. The molecule has 21 heavy (non-hydrogen) atoms. The highest BCUT2D eigenvalue weighted by molar-refractivity contribution is 7.16. The van der Waals surface area contributed by atoms with Crippen molar-refractivity contribution in [3.8, 4) is 17.7 Å². The summed E-state index contributed by atoms with van der Waals surface area (Å²) in [5.41, 5.74) is 0.611. The van der Waals surface area contributed by atoms with Crippen LogP contribution in [0.4, 0.5) is 0 Å². The number of thiophene rings is 1. The molecule has 2 heterocycles. The maximum Gasteiger partial charge on any atom is 0.225 e. The van der Waals surface area contributed by atoms with Gasteiger partial charge in [0.2, 0.25) is 5.88 Å². The Labute approximate surface area is 125 Å². The minimum Gasteiger partial charge on any atom is -0.490 e. The Morgan fingerprint density at radius 1 is 1.05 bits per heavy atom. The summed E-state index contributed by atoms with van der Waals surface area (Å²) in [5.74, 6) is 1.28. The van der Waals surface area contributed by atoms with Crippen LogP contribution in [0.2, 0.25) is 0 Å². The number of fused-ring (bicyclic) bond motifs is 1. The Balaban J connectivity index is 1.54. The van der Waals surface area contributed by atoms with Crippen LogP contribution in [0.5, 0.6) is 11.6 Å². The van der Waals surface area contributed by atoms with Gasteiger partial charge in [0.15, 0.2) is 0 Å². The zero-order valence-electron chi connectivity index (χ0n) is 11.0. The first kappa shape index (κ1) is 13.3. The maximum absolute atomic E-state index is 8.72. The zero-order chi connectivity index (χ0) is 14.5. The van der Waals surface area contributed by atoms with Gasteiger partial charge in [0.25, 0.3) is 0 Å². The van der Waals surface area contributed by atoms with Crippen LogP contribution in [-0.4, -0.2) is 23.2 Å². The molecule has 2 aromatic heterocycles. The number of ether oxygens (including phenoxy) is 2. The number of nitriles is 1. The van der Waals surface area contributed by atoms with Crippen LogP contribution in [0.25, 0.3) is 10.2 Å². The number of nitrogens with zero attached hydrogens (tertiary/aromatic N) is 3. The van der Waals surface area contributed by atoms with Crippen molar-refractivity contribution in [2.75, 3.05) is 13.2 Å². The number of aromatic nitrogens is 2. The molecule has 0 atom stereocenters. The van der Waals surface area contributed by atoms with Crippen molar-refractivity contribution in [2.24, 2.45) is 0 Å². The van der Waals surface area contributed by atoms with Gasteiger partial charge in [-0.1, -0.05) is 0 Å². The van der Waals surface area contributed by atoms with Crippen molar-refractivity contribution in [2.45, 2.75) is 0 Å². The molecule has 0 amide bonds. The molecule has 1 aromatic carbocycles. The van der Waals surface area contributed by atoms with E-state index in [1.165, 1.54) is 6.33 Å². The molecule has 6 heteroatoms. The van der Waals surface area contributed by atoms with Gasteiger partial charge < -0.3 is 9.47 Å². The van der Waals surface area contributed by atoms with Gasteiger partial charge in [0.1, 0.15) is 30.1 Å². The predicted octanol–water partition coefficient (Wildman–Crippen LogP) is 3.02. The van der Waals surface area contributed by atoms with Crippen molar-refractivity contribution < 1.29 is 9.47 Å². The molecular weight excluding hydrogens is 286 g/mol. The second-order valence-corrected chi connectivity index (χ2v) is 5.05. The fourth-order valence-corrected chi connectivity index (χ4v) is 2.53. The standard InChI is InChI=1S/C15H11N3O2S/c16-9-11-1-3-12(4-2-11)19-6-7-20-14-13-5-8-21-15(13)18-10-17-14/h1-5,8,10H,6-7H2. The molecule has 0 saturated heterocycles. The number of benzene rings is 1. The Morgan fingerprint density at radius 3 is 2.67 bits per heavy atom. The van der Waals surface area contributed by atoms with E-state index in [9.17, 15) is 0 Å². The molecule has 0 radical (unpaired) electrons. The van der Waals surface area contributed by atoms with Gasteiger partial charge in [-0.05, 0) is 35.7 Å². The maximum atomic E-state index is 8.72. The Kier molecular flexibility index (Phi) is 3.94. The second kappa shape index (κ2) is 6.20. The molecule has 3 aromatic rings. The third-order valence-electron chi connectivity index (χ3n) is 2.80. The minimum atomic E-state index is 0.391. The molecule has 3 rings (SSSR count). The number of hydrogen-bond donors (Lipinski definition) is 0. The quantitative estimate of drug-likeness (QED) is 0.677. The van der Waals surface area contributed by atoms with Gasteiger partial charge in [-0.25, -0.2) is 9.97 Å². The average Bonchev–Trinajstić information content (AvgIpc) is 3.01. The normalized spacial score (nSPS) is 10.2. The van der Waals surface area contributed by atoms with E-state index < -0.39 is 0 Å². The van der Waals surface area contributed by atoms with Crippen molar-refractivity contribution in [1.29, 1.82) is 5.26 Å². The predicted molar refractivity (Wildman–Crippen MR) is 79.6 cm³/mol. The molecule has 5 nitrogen and oxygen atoms in total. The first-order valence-corrected chi connectivity index (χ1v) is 7.19. The van der Waals surface area contributed by atoms with Crippen LogP contribution in [0.3, 0.4) is 0 Å². The molecule has 0 N–H and O–H groups in total. The monoisotopic (exact) mass is 297 g/mol. The zero-order valence-corrected chi connectivity index (χ0v) is 11.8. The summed E-state index contributed by atoms with van der Waals surface area (Å²) in [6, 6.07) is 11.0. The van der Waals surface area contributed by atoms with Crippen LogP contribution in [0.15, 0.2) is 42.0 Å². The Bertz CT molecular complexity index is 777. The van der Waals surface area contributed by atoms with Gasteiger partial charge in [-0.15, -0.1) is 11.3 Å². The molecule has 0 unspecified atom stereocenters. The van der Waals surface area contributed by atoms with Gasteiger partial charge in [0, 0.05) is 0 Å². The molecule has 0 bridgehead atoms. The Hall–Kier alpha value is -2.65. The summed E-state index contributed by atoms with van der Waals surface area (Å²) >= 11 is 1.55. The summed E-state index contributed by atoms with van der Waals surface area (Å²) in [6.07, 6.45) is 1.50. The minimum absolute atomic E-state index is 0.391. The van der Waals surface area contributed by atoms with Crippen molar-refractivity contribution >= 4 is 21.6 Å². The van der Waals surface area contributed by atoms with Gasteiger partial charge >= 0.3 is 0 Å². The van der Waals surface area contributed by atoms with Gasteiger partial charge in [-0.2, -0.15) is 5.26 Å².